The van der Waals surface area contributed by atoms with Crippen LogP contribution >= 0.6 is 0 Å². The zero-order chi connectivity index (χ0) is 17.6. The Bertz CT molecular complexity index is 704. The molecule has 132 valence electrons. The van der Waals surface area contributed by atoms with Crippen molar-refractivity contribution in [2.24, 2.45) is 0 Å². The number of aromatic nitrogens is 1. The smallest absolute Gasteiger partial charge is 0.224 e. The van der Waals surface area contributed by atoms with Gasteiger partial charge < -0.3 is 10.1 Å². The zero-order valence-electron chi connectivity index (χ0n) is 15.0. The Morgan fingerprint density at radius 1 is 1.12 bits per heavy atom. The first-order valence-corrected chi connectivity index (χ1v) is 9.03. The standard InChI is InChI=1S/C21H26N2O2/c1-15-4-3-5-17(12-15)13-20(24)23-18-7-9-19(10-8-18)25-21-11-6-16(2)14-22-21/h3-6,11-12,14,18-19H,7-10,13H2,1-2H3,(H,23,24). The highest BCUT2D eigenvalue weighted by Gasteiger charge is 2.23. The Morgan fingerprint density at radius 2 is 1.92 bits per heavy atom. The summed E-state index contributed by atoms with van der Waals surface area (Å²) in [6.45, 7) is 4.06. The second kappa shape index (κ2) is 8.15. The quantitative estimate of drug-likeness (QED) is 0.903. The maximum absolute atomic E-state index is 12.2. The predicted molar refractivity (Wildman–Crippen MR) is 98.7 cm³/mol. The van der Waals surface area contributed by atoms with Gasteiger partial charge in [0.25, 0.3) is 0 Å². The average molecular weight is 338 g/mol. The lowest BCUT2D eigenvalue weighted by atomic mass is 9.92. The molecule has 1 N–H and O–H groups in total. The number of pyridine rings is 1. The second-order valence-electron chi connectivity index (χ2n) is 7.00. The molecule has 1 aliphatic carbocycles. The van der Waals surface area contributed by atoms with Gasteiger partial charge in [-0.05, 0) is 50.7 Å². The molecule has 1 saturated carbocycles. The molecule has 0 unspecified atom stereocenters. The molecule has 1 aliphatic rings. The van der Waals surface area contributed by atoms with Crippen molar-refractivity contribution in [2.45, 2.75) is 58.1 Å². The third-order valence-corrected chi connectivity index (χ3v) is 4.66. The lowest BCUT2D eigenvalue weighted by Crippen LogP contribution is -2.40. The Balaban J connectivity index is 1.42. The first-order valence-electron chi connectivity index (χ1n) is 9.03. The molecule has 1 aromatic carbocycles. The van der Waals surface area contributed by atoms with E-state index in [0.29, 0.717) is 12.3 Å². The van der Waals surface area contributed by atoms with E-state index in [4.69, 9.17) is 4.74 Å². The van der Waals surface area contributed by atoms with Crippen molar-refractivity contribution in [1.29, 1.82) is 0 Å². The third kappa shape index (κ3) is 5.31. The van der Waals surface area contributed by atoms with Crippen molar-refractivity contribution in [1.82, 2.24) is 10.3 Å². The van der Waals surface area contributed by atoms with Crippen LogP contribution in [-0.4, -0.2) is 23.0 Å². The Labute approximate surface area is 149 Å². The molecular weight excluding hydrogens is 312 g/mol. The van der Waals surface area contributed by atoms with Crippen LogP contribution in [0.2, 0.25) is 0 Å². The number of nitrogens with one attached hydrogen (secondary N) is 1. The molecule has 1 heterocycles. The van der Waals surface area contributed by atoms with Crippen molar-refractivity contribution < 1.29 is 9.53 Å². The van der Waals surface area contributed by atoms with Gasteiger partial charge in [-0.1, -0.05) is 35.9 Å². The summed E-state index contributed by atoms with van der Waals surface area (Å²) in [5.74, 6) is 0.799. The number of aryl methyl sites for hydroxylation is 2. The predicted octanol–water partition coefficient (Wildman–Crippen LogP) is 3.75. The van der Waals surface area contributed by atoms with Crippen LogP contribution in [0.4, 0.5) is 0 Å². The van der Waals surface area contributed by atoms with Gasteiger partial charge in [0.1, 0.15) is 6.10 Å². The van der Waals surface area contributed by atoms with Crippen LogP contribution in [0, 0.1) is 13.8 Å². The lowest BCUT2D eigenvalue weighted by molar-refractivity contribution is -0.121. The molecule has 1 amide bonds. The van der Waals surface area contributed by atoms with Crippen LogP contribution in [0.5, 0.6) is 5.88 Å². The van der Waals surface area contributed by atoms with Crippen LogP contribution < -0.4 is 10.1 Å². The van der Waals surface area contributed by atoms with Gasteiger partial charge in [0, 0.05) is 18.3 Å². The Hall–Kier alpha value is -2.36. The number of amides is 1. The van der Waals surface area contributed by atoms with E-state index in [1.54, 1.807) is 0 Å². The molecular formula is C21H26N2O2. The average Bonchev–Trinajstić information content (AvgIpc) is 2.59. The Morgan fingerprint density at radius 3 is 2.60 bits per heavy atom. The van der Waals surface area contributed by atoms with E-state index in [-0.39, 0.29) is 18.1 Å². The third-order valence-electron chi connectivity index (χ3n) is 4.66. The van der Waals surface area contributed by atoms with Crippen molar-refractivity contribution in [2.75, 3.05) is 0 Å². The van der Waals surface area contributed by atoms with Crippen molar-refractivity contribution >= 4 is 5.91 Å². The molecule has 0 radical (unpaired) electrons. The van der Waals surface area contributed by atoms with Crippen LogP contribution in [0.15, 0.2) is 42.6 Å². The number of carbonyl (C=O) groups is 1. The van der Waals surface area contributed by atoms with Crippen LogP contribution in [-0.2, 0) is 11.2 Å². The minimum atomic E-state index is 0.107. The fraction of sp³-hybridized carbons (Fsp3) is 0.429. The first kappa shape index (κ1) is 17.5. The molecule has 0 bridgehead atoms. The molecule has 4 nitrogen and oxygen atoms in total. The van der Waals surface area contributed by atoms with Gasteiger partial charge in [-0.3, -0.25) is 4.79 Å². The number of nitrogens with zero attached hydrogens (tertiary/aromatic N) is 1. The Kier molecular flexibility index (Phi) is 5.69. The highest BCUT2D eigenvalue weighted by atomic mass is 16.5. The number of hydrogen-bond acceptors (Lipinski definition) is 3. The van der Waals surface area contributed by atoms with Gasteiger partial charge in [0.2, 0.25) is 11.8 Å². The van der Waals surface area contributed by atoms with Crippen molar-refractivity contribution in [3.8, 4) is 5.88 Å². The normalized spacial score (nSPS) is 20.1. The SMILES string of the molecule is Cc1ccc(OC2CCC(NC(=O)Cc3cccc(C)c3)CC2)nc1. The van der Waals surface area contributed by atoms with E-state index in [1.165, 1.54) is 5.56 Å². The van der Waals surface area contributed by atoms with Crippen LogP contribution in [0.25, 0.3) is 0 Å². The second-order valence-corrected chi connectivity index (χ2v) is 7.00. The monoisotopic (exact) mass is 338 g/mol. The van der Waals surface area contributed by atoms with E-state index in [1.807, 2.05) is 50.4 Å². The fourth-order valence-corrected chi connectivity index (χ4v) is 3.31. The summed E-state index contributed by atoms with van der Waals surface area (Å²) in [6, 6.07) is 12.3. The van der Waals surface area contributed by atoms with Crippen molar-refractivity contribution in [3.05, 3.63) is 59.3 Å². The zero-order valence-corrected chi connectivity index (χ0v) is 15.0. The summed E-state index contributed by atoms with van der Waals surface area (Å²) in [5.41, 5.74) is 3.39. The van der Waals surface area contributed by atoms with E-state index in [0.717, 1.165) is 36.8 Å². The van der Waals surface area contributed by atoms with E-state index in [2.05, 4.69) is 16.4 Å². The highest BCUT2D eigenvalue weighted by Crippen LogP contribution is 2.23. The van der Waals surface area contributed by atoms with Gasteiger partial charge in [0.05, 0.1) is 6.42 Å². The molecule has 0 aliphatic heterocycles. The minimum Gasteiger partial charge on any atom is -0.474 e. The summed E-state index contributed by atoms with van der Waals surface area (Å²) in [4.78, 5) is 16.5. The number of benzene rings is 1. The minimum absolute atomic E-state index is 0.107. The number of ether oxygens (including phenoxy) is 1. The van der Waals surface area contributed by atoms with Crippen LogP contribution in [0.3, 0.4) is 0 Å². The van der Waals surface area contributed by atoms with E-state index >= 15 is 0 Å². The number of rotatable bonds is 5. The summed E-state index contributed by atoms with van der Waals surface area (Å²) in [5, 5.41) is 3.17. The van der Waals surface area contributed by atoms with E-state index in [9.17, 15) is 4.79 Å². The topological polar surface area (TPSA) is 51.2 Å². The van der Waals surface area contributed by atoms with E-state index < -0.39 is 0 Å². The lowest BCUT2D eigenvalue weighted by Gasteiger charge is -2.29. The van der Waals surface area contributed by atoms with Crippen molar-refractivity contribution in [3.63, 3.8) is 0 Å². The maximum atomic E-state index is 12.2. The summed E-state index contributed by atoms with van der Waals surface area (Å²) in [7, 11) is 0. The largest absolute Gasteiger partial charge is 0.474 e. The maximum Gasteiger partial charge on any atom is 0.224 e. The number of hydrogen-bond donors (Lipinski definition) is 1. The molecule has 0 atom stereocenters. The molecule has 25 heavy (non-hydrogen) atoms. The highest BCUT2D eigenvalue weighted by molar-refractivity contribution is 5.78. The van der Waals surface area contributed by atoms with Gasteiger partial charge in [-0.25, -0.2) is 4.98 Å². The summed E-state index contributed by atoms with van der Waals surface area (Å²) in [6.07, 6.45) is 6.28. The van der Waals surface area contributed by atoms with Gasteiger partial charge in [-0.15, -0.1) is 0 Å². The summed E-state index contributed by atoms with van der Waals surface area (Å²) < 4.78 is 5.95. The van der Waals surface area contributed by atoms with Gasteiger partial charge >= 0.3 is 0 Å². The molecule has 1 aromatic heterocycles. The molecule has 4 heteroatoms. The molecule has 3 rings (SSSR count). The summed E-state index contributed by atoms with van der Waals surface area (Å²) >= 11 is 0. The molecule has 0 spiro atoms. The number of carbonyl (C=O) groups excluding carboxylic acids is 1. The van der Waals surface area contributed by atoms with Gasteiger partial charge in [0.15, 0.2) is 0 Å². The van der Waals surface area contributed by atoms with Gasteiger partial charge in [-0.2, -0.15) is 0 Å². The molecule has 0 saturated heterocycles. The first-order chi connectivity index (χ1) is 12.1. The molecule has 2 aromatic rings. The fourth-order valence-electron chi connectivity index (χ4n) is 3.31. The van der Waals surface area contributed by atoms with Crippen LogP contribution in [0.1, 0.15) is 42.4 Å². The molecule has 1 fully saturated rings.